The summed E-state index contributed by atoms with van der Waals surface area (Å²) in [6.45, 7) is 6.18. The second kappa shape index (κ2) is 11.6. The zero-order chi connectivity index (χ0) is 29.5. The molecule has 4 aromatic rings. The molecule has 1 fully saturated rings. The average molecular weight is 618 g/mol. The Balaban J connectivity index is 1.40. The van der Waals surface area contributed by atoms with Crippen molar-refractivity contribution in [2.45, 2.75) is 55.3 Å². The first kappa shape index (κ1) is 28.5. The third kappa shape index (κ3) is 5.32. The third-order valence-electron chi connectivity index (χ3n) is 7.44. The van der Waals surface area contributed by atoms with Crippen molar-refractivity contribution in [1.82, 2.24) is 10.2 Å². The quantitative estimate of drug-likeness (QED) is 0.0752. The van der Waals surface area contributed by atoms with Crippen molar-refractivity contribution in [1.29, 1.82) is 0 Å². The van der Waals surface area contributed by atoms with Crippen LogP contribution in [0.4, 0.5) is 5.13 Å². The summed E-state index contributed by atoms with van der Waals surface area (Å²) in [7, 11) is 0. The maximum atomic E-state index is 13.6. The summed E-state index contributed by atoms with van der Waals surface area (Å²) in [5.41, 5.74) is 4.20. The predicted molar refractivity (Wildman–Crippen MR) is 166 cm³/mol. The lowest BCUT2D eigenvalue weighted by molar-refractivity contribution is -0.132. The highest BCUT2D eigenvalue weighted by Crippen LogP contribution is 2.45. The molecule has 2 atom stereocenters. The van der Waals surface area contributed by atoms with E-state index >= 15 is 0 Å². The van der Waals surface area contributed by atoms with Crippen LogP contribution in [0.1, 0.15) is 60.5 Å². The van der Waals surface area contributed by atoms with Crippen LogP contribution < -0.4 is 9.64 Å². The van der Waals surface area contributed by atoms with Crippen molar-refractivity contribution in [3.63, 3.8) is 0 Å². The SMILES string of the molecule is CC(C)c1ccc([C@H]2C(=C(O)c3ccc4c(c3)C[C@H](C)O4)C(=O)C(=O)N2c2nnc(SCc3ccccc3Cl)s2)cc1. The van der Waals surface area contributed by atoms with E-state index in [0.29, 0.717) is 38.6 Å². The minimum absolute atomic E-state index is 0.0182. The molecule has 1 saturated heterocycles. The van der Waals surface area contributed by atoms with E-state index < -0.39 is 17.7 Å². The molecule has 1 aromatic heterocycles. The summed E-state index contributed by atoms with van der Waals surface area (Å²) < 4.78 is 6.44. The molecule has 3 heterocycles. The normalized spacial score (nSPS) is 19.4. The summed E-state index contributed by atoms with van der Waals surface area (Å²) >= 11 is 8.99. The van der Waals surface area contributed by atoms with Gasteiger partial charge in [0.2, 0.25) is 5.13 Å². The predicted octanol–water partition coefficient (Wildman–Crippen LogP) is 7.56. The van der Waals surface area contributed by atoms with Crippen LogP contribution in [0.3, 0.4) is 0 Å². The average Bonchev–Trinajstić information content (AvgIpc) is 3.67. The van der Waals surface area contributed by atoms with E-state index in [1.807, 2.05) is 61.5 Å². The second-order valence-corrected chi connectivity index (χ2v) is 13.3. The lowest BCUT2D eigenvalue weighted by Gasteiger charge is -2.23. The Hall–Kier alpha value is -3.66. The molecule has 0 aliphatic carbocycles. The number of aliphatic hydroxyl groups excluding tert-OH is 1. The smallest absolute Gasteiger partial charge is 0.301 e. The van der Waals surface area contributed by atoms with E-state index in [2.05, 4.69) is 24.0 Å². The topological polar surface area (TPSA) is 92.6 Å². The Morgan fingerprint density at radius 3 is 2.62 bits per heavy atom. The molecule has 3 aromatic carbocycles. The fraction of sp³-hybridized carbons (Fsp3) is 0.250. The van der Waals surface area contributed by atoms with Gasteiger partial charge >= 0.3 is 5.91 Å². The van der Waals surface area contributed by atoms with Crippen LogP contribution in [0.25, 0.3) is 5.76 Å². The Bertz CT molecular complexity index is 1720. The minimum Gasteiger partial charge on any atom is -0.507 e. The van der Waals surface area contributed by atoms with Gasteiger partial charge in [0.25, 0.3) is 5.78 Å². The van der Waals surface area contributed by atoms with Crippen LogP contribution in [0.5, 0.6) is 5.75 Å². The highest BCUT2D eigenvalue weighted by Gasteiger charge is 2.48. The van der Waals surface area contributed by atoms with E-state index in [-0.39, 0.29) is 22.6 Å². The van der Waals surface area contributed by atoms with Crippen LogP contribution in [0.2, 0.25) is 5.02 Å². The van der Waals surface area contributed by atoms with E-state index in [1.54, 1.807) is 12.1 Å². The largest absolute Gasteiger partial charge is 0.507 e. The molecule has 7 nitrogen and oxygen atoms in total. The van der Waals surface area contributed by atoms with Crippen LogP contribution in [-0.2, 0) is 21.8 Å². The number of carbonyl (C=O) groups is 2. The summed E-state index contributed by atoms with van der Waals surface area (Å²) in [6, 6.07) is 19.8. The van der Waals surface area contributed by atoms with E-state index in [0.717, 1.165) is 22.4 Å². The number of hydrogen-bond acceptors (Lipinski definition) is 8. The molecule has 1 N–H and O–H groups in total. The van der Waals surface area contributed by atoms with Crippen LogP contribution in [0, 0.1) is 0 Å². The first-order valence-corrected chi connectivity index (χ1v) is 15.8. The first-order valence-electron chi connectivity index (χ1n) is 13.6. The van der Waals surface area contributed by atoms with Gasteiger partial charge in [-0.15, -0.1) is 10.2 Å². The van der Waals surface area contributed by atoms with Crippen LogP contribution in [0.15, 0.2) is 76.6 Å². The van der Waals surface area contributed by atoms with Crippen LogP contribution >= 0.6 is 34.7 Å². The van der Waals surface area contributed by atoms with E-state index in [4.69, 9.17) is 16.3 Å². The molecule has 1 amide bonds. The number of aliphatic hydroxyl groups is 1. The molecule has 2 aliphatic heterocycles. The molecule has 42 heavy (non-hydrogen) atoms. The fourth-order valence-corrected chi connectivity index (χ4v) is 7.40. The monoisotopic (exact) mass is 617 g/mol. The number of anilines is 1. The van der Waals surface area contributed by atoms with Gasteiger partial charge in [-0.1, -0.05) is 91.0 Å². The number of nitrogens with zero attached hydrogens (tertiary/aromatic N) is 3. The zero-order valence-electron chi connectivity index (χ0n) is 23.2. The van der Waals surface area contributed by atoms with Crippen molar-refractivity contribution in [2.24, 2.45) is 0 Å². The van der Waals surface area contributed by atoms with Crippen molar-refractivity contribution < 1.29 is 19.4 Å². The Morgan fingerprint density at radius 2 is 1.88 bits per heavy atom. The van der Waals surface area contributed by atoms with Crippen molar-refractivity contribution >= 4 is 57.3 Å². The molecule has 10 heteroatoms. The van der Waals surface area contributed by atoms with Crippen LogP contribution in [-0.4, -0.2) is 33.1 Å². The van der Waals surface area contributed by atoms with Gasteiger partial charge in [0, 0.05) is 22.8 Å². The highest BCUT2D eigenvalue weighted by atomic mass is 35.5. The summed E-state index contributed by atoms with van der Waals surface area (Å²) in [5, 5.41) is 21.1. The fourth-order valence-electron chi connectivity index (χ4n) is 5.25. The Kier molecular flexibility index (Phi) is 7.83. The van der Waals surface area contributed by atoms with Crippen molar-refractivity contribution in [3.8, 4) is 5.75 Å². The maximum absolute atomic E-state index is 13.6. The first-order chi connectivity index (χ1) is 20.2. The number of benzene rings is 3. The number of fused-ring (bicyclic) bond motifs is 1. The second-order valence-electron chi connectivity index (χ2n) is 10.7. The van der Waals surface area contributed by atoms with Gasteiger partial charge in [0.15, 0.2) is 4.34 Å². The number of carbonyl (C=O) groups excluding carboxylic acids is 2. The number of rotatable bonds is 7. The number of amides is 1. The molecular weight excluding hydrogens is 590 g/mol. The van der Waals surface area contributed by atoms with Gasteiger partial charge in [-0.25, -0.2) is 0 Å². The summed E-state index contributed by atoms with van der Waals surface area (Å²) in [5.74, 6) is -0.108. The van der Waals surface area contributed by atoms with Gasteiger partial charge in [-0.05, 0) is 59.4 Å². The summed E-state index contributed by atoms with van der Waals surface area (Å²) in [4.78, 5) is 28.6. The van der Waals surface area contributed by atoms with E-state index in [1.165, 1.54) is 28.0 Å². The number of aromatic nitrogens is 2. The number of ketones is 1. The van der Waals surface area contributed by atoms with Gasteiger partial charge < -0.3 is 9.84 Å². The highest BCUT2D eigenvalue weighted by molar-refractivity contribution is 8.00. The molecular formula is C32H28ClN3O4S2. The van der Waals surface area contributed by atoms with Gasteiger partial charge in [-0.2, -0.15) is 0 Å². The molecule has 2 aliphatic rings. The number of ether oxygens (including phenoxy) is 1. The zero-order valence-corrected chi connectivity index (χ0v) is 25.6. The minimum atomic E-state index is -0.871. The standard InChI is InChI=1S/C32H28ClN3O4S2/c1-17(2)19-8-10-20(11-9-19)27-26(28(37)21-12-13-25-23(15-21)14-18(3)40-25)29(38)30(39)36(27)31-34-35-32(42-31)41-16-22-6-4-5-7-24(22)33/h4-13,15,17-18,27,37H,14,16H2,1-3H3/t18-,27-/m0/s1. The van der Waals surface area contributed by atoms with Crippen molar-refractivity contribution in [3.05, 3.63) is 105 Å². The molecule has 214 valence electrons. The maximum Gasteiger partial charge on any atom is 0.301 e. The Labute approximate surface area is 257 Å². The molecule has 0 bridgehead atoms. The third-order valence-corrected chi connectivity index (χ3v) is 9.92. The van der Waals surface area contributed by atoms with Gasteiger partial charge in [-0.3, -0.25) is 14.5 Å². The number of thioether (sulfide) groups is 1. The van der Waals surface area contributed by atoms with Crippen molar-refractivity contribution in [2.75, 3.05) is 4.90 Å². The molecule has 0 radical (unpaired) electrons. The Morgan fingerprint density at radius 1 is 1.12 bits per heavy atom. The number of halogens is 1. The molecule has 0 saturated carbocycles. The number of hydrogen-bond donors (Lipinski definition) is 1. The molecule has 0 spiro atoms. The lowest BCUT2D eigenvalue weighted by atomic mass is 9.93. The number of Topliss-reactive ketones (excluding diaryl/α,β-unsaturated/α-hetero) is 1. The van der Waals surface area contributed by atoms with Gasteiger partial charge in [0.1, 0.15) is 17.6 Å². The molecule has 0 unspecified atom stereocenters. The lowest BCUT2D eigenvalue weighted by Crippen LogP contribution is -2.29. The van der Waals surface area contributed by atoms with Gasteiger partial charge in [0.05, 0.1) is 11.6 Å². The van der Waals surface area contributed by atoms with E-state index in [9.17, 15) is 14.7 Å². The molecule has 6 rings (SSSR count). The summed E-state index contributed by atoms with van der Waals surface area (Å²) in [6.07, 6.45) is 0.731.